The summed E-state index contributed by atoms with van der Waals surface area (Å²) in [5.41, 5.74) is 8.23. The van der Waals surface area contributed by atoms with E-state index in [1.54, 1.807) is 7.11 Å². The molecule has 0 aliphatic carbocycles. The Morgan fingerprint density at radius 2 is 2.00 bits per heavy atom. The molecule has 0 atom stereocenters. The minimum atomic E-state index is 0.534. The molecule has 3 heteroatoms. The highest BCUT2D eigenvalue weighted by Crippen LogP contribution is 2.26. The number of piperidine rings is 1. The number of nitrogens with zero attached hydrogens (tertiary/aromatic N) is 1. The van der Waals surface area contributed by atoms with E-state index in [0.717, 1.165) is 29.7 Å². The Morgan fingerprint density at radius 3 is 2.55 bits per heavy atom. The molecule has 1 heterocycles. The van der Waals surface area contributed by atoms with Gasteiger partial charge in [-0.1, -0.05) is 19.9 Å². The lowest BCUT2D eigenvalue weighted by Gasteiger charge is -2.34. The van der Waals surface area contributed by atoms with Gasteiger partial charge in [0.15, 0.2) is 0 Å². The van der Waals surface area contributed by atoms with Gasteiger partial charge in [-0.25, -0.2) is 0 Å². The fourth-order valence-corrected chi connectivity index (χ4v) is 3.13. The van der Waals surface area contributed by atoms with E-state index < -0.39 is 0 Å². The summed E-state index contributed by atoms with van der Waals surface area (Å²) < 4.78 is 5.33. The lowest BCUT2D eigenvalue weighted by atomic mass is 9.86. The van der Waals surface area contributed by atoms with Crippen LogP contribution in [0.3, 0.4) is 0 Å². The van der Waals surface area contributed by atoms with Gasteiger partial charge in [0.2, 0.25) is 0 Å². The SMILES string of the molecule is COc1ccc(CN2CCC(C(C)C)CC2)cc1CN. The van der Waals surface area contributed by atoms with E-state index >= 15 is 0 Å². The van der Waals surface area contributed by atoms with Crippen molar-refractivity contribution in [3.8, 4) is 5.75 Å². The molecule has 0 unspecified atom stereocenters. The zero-order valence-electron chi connectivity index (χ0n) is 13.1. The van der Waals surface area contributed by atoms with Crippen LogP contribution in [-0.2, 0) is 13.1 Å². The smallest absolute Gasteiger partial charge is 0.123 e. The van der Waals surface area contributed by atoms with Gasteiger partial charge in [-0.2, -0.15) is 0 Å². The summed E-state index contributed by atoms with van der Waals surface area (Å²) in [5.74, 6) is 2.62. The van der Waals surface area contributed by atoms with Gasteiger partial charge in [-0.3, -0.25) is 4.90 Å². The third kappa shape index (κ3) is 3.74. The van der Waals surface area contributed by atoms with Crippen molar-refractivity contribution in [2.24, 2.45) is 17.6 Å². The van der Waals surface area contributed by atoms with Gasteiger partial charge in [-0.15, -0.1) is 0 Å². The first kappa shape index (κ1) is 15.3. The maximum absolute atomic E-state index is 5.79. The summed E-state index contributed by atoms with van der Waals surface area (Å²) in [6, 6.07) is 6.39. The van der Waals surface area contributed by atoms with Crippen molar-refractivity contribution in [2.45, 2.75) is 39.8 Å². The van der Waals surface area contributed by atoms with E-state index in [1.807, 2.05) is 6.07 Å². The molecule has 0 amide bonds. The van der Waals surface area contributed by atoms with Crippen LogP contribution in [0.25, 0.3) is 0 Å². The molecule has 0 saturated carbocycles. The Morgan fingerprint density at radius 1 is 1.30 bits per heavy atom. The first-order valence-corrected chi connectivity index (χ1v) is 7.72. The van der Waals surface area contributed by atoms with Gasteiger partial charge in [0.1, 0.15) is 5.75 Å². The summed E-state index contributed by atoms with van der Waals surface area (Å²) in [6.45, 7) is 8.68. The quantitative estimate of drug-likeness (QED) is 0.898. The summed E-state index contributed by atoms with van der Waals surface area (Å²) >= 11 is 0. The van der Waals surface area contributed by atoms with Crippen LogP contribution < -0.4 is 10.5 Å². The molecule has 2 N–H and O–H groups in total. The highest BCUT2D eigenvalue weighted by Gasteiger charge is 2.21. The zero-order valence-corrected chi connectivity index (χ0v) is 13.1. The second kappa shape index (κ2) is 7.09. The van der Waals surface area contributed by atoms with Crippen molar-refractivity contribution < 1.29 is 4.74 Å². The zero-order chi connectivity index (χ0) is 14.5. The van der Waals surface area contributed by atoms with Crippen molar-refractivity contribution in [1.82, 2.24) is 4.90 Å². The minimum absolute atomic E-state index is 0.534. The molecule has 3 nitrogen and oxygen atoms in total. The molecule has 1 saturated heterocycles. The number of likely N-dealkylation sites (tertiary alicyclic amines) is 1. The molecule has 20 heavy (non-hydrogen) atoms. The predicted molar refractivity (Wildman–Crippen MR) is 83.7 cm³/mol. The summed E-state index contributed by atoms with van der Waals surface area (Å²) in [4.78, 5) is 2.56. The van der Waals surface area contributed by atoms with E-state index in [9.17, 15) is 0 Å². The van der Waals surface area contributed by atoms with Gasteiger partial charge in [0, 0.05) is 18.7 Å². The molecule has 1 aromatic carbocycles. The van der Waals surface area contributed by atoms with Gasteiger partial charge in [-0.05, 0) is 55.5 Å². The molecule has 112 valence electrons. The van der Waals surface area contributed by atoms with Gasteiger partial charge in [0.25, 0.3) is 0 Å². The Labute approximate surface area is 123 Å². The molecular weight excluding hydrogens is 248 g/mol. The summed E-state index contributed by atoms with van der Waals surface area (Å²) in [7, 11) is 1.70. The van der Waals surface area contributed by atoms with Crippen LogP contribution >= 0.6 is 0 Å². The topological polar surface area (TPSA) is 38.5 Å². The van der Waals surface area contributed by atoms with Crippen molar-refractivity contribution in [3.05, 3.63) is 29.3 Å². The molecule has 0 bridgehead atoms. The summed E-state index contributed by atoms with van der Waals surface area (Å²) in [5, 5.41) is 0. The van der Waals surface area contributed by atoms with Crippen LogP contribution in [-0.4, -0.2) is 25.1 Å². The molecular formula is C17H28N2O. The molecule has 1 aliphatic heterocycles. The Kier molecular flexibility index (Phi) is 5.44. The summed E-state index contributed by atoms with van der Waals surface area (Å²) in [6.07, 6.45) is 2.66. The van der Waals surface area contributed by atoms with Gasteiger partial charge >= 0.3 is 0 Å². The highest BCUT2D eigenvalue weighted by molar-refractivity contribution is 5.37. The number of methoxy groups -OCH3 is 1. The molecule has 0 spiro atoms. The lowest BCUT2D eigenvalue weighted by Crippen LogP contribution is -2.34. The average molecular weight is 276 g/mol. The van der Waals surface area contributed by atoms with Crippen LogP contribution in [0, 0.1) is 11.8 Å². The number of hydrogen-bond donors (Lipinski definition) is 1. The number of hydrogen-bond acceptors (Lipinski definition) is 3. The number of rotatable bonds is 5. The van der Waals surface area contributed by atoms with Gasteiger partial charge in [0.05, 0.1) is 7.11 Å². The van der Waals surface area contributed by atoms with Crippen LogP contribution in [0.5, 0.6) is 5.75 Å². The third-order valence-corrected chi connectivity index (χ3v) is 4.55. The van der Waals surface area contributed by atoms with Crippen LogP contribution in [0.1, 0.15) is 37.8 Å². The molecule has 1 aliphatic rings. The van der Waals surface area contributed by atoms with E-state index in [-0.39, 0.29) is 0 Å². The largest absolute Gasteiger partial charge is 0.496 e. The van der Waals surface area contributed by atoms with Crippen LogP contribution in [0.15, 0.2) is 18.2 Å². The highest BCUT2D eigenvalue weighted by atomic mass is 16.5. The predicted octanol–water partition coefficient (Wildman–Crippen LogP) is 3.02. The Bertz CT molecular complexity index is 423. The fraction of sp³-hybridized carbons (Fsp3) is 0.647. The maximum Gasteiger partial charge on any atom is 0.123 e. The monoisotopic (exact) mass is 276 g/mol. The first-order valence-electron chi connectivity index (χ1n) is 7.72. The minimum Gasteiger partial charge on any atom is -0.496 e. The maximum atomic E-state index is 5.79. The number of nitrogens with two attached hydrogens (primary N) is 1. The van der Waals surface area contributed by atoms with Gasteiger partial charge < -0.3 is 10.5 Å². The molecule has 0 aromatic heterocycles. The molecule has 0 radical (unpaired) electrons. The Balaban J connectivity index is 1.94. The average Bonchev–Trinajstić information content (AvgIpc) is 2.47. The second-order valence-electron chi connectivity index (χ2n) is 6.21. The Hall–Kier alpha value is -1.06. The number of benzene rings is 1. The van der Waals surface area contributed by atoms with E-state index in [0.29, 0.717) is 6.54 Å². The van der Waals surface area contributed by atoms with E-state index in [4.69, 9.17) is 10.5 Å². The van der Waals surface area contributed by atoms with Crippen LogP contribution in [0.2, 0.25) is 0 Å². The van der Waals surface area contributed by atoms with Crippen molar-refractivity contribution >= 4 is 0 Å². The van der Waals surface area contributed by atoms with Crippen LogP contribution in [0.4, 0.5) is 0 Å². The van der Waals surface area contributed by atoms with Crippen molar-refractivity contribution in [1.29, 1.82) is 0 Å². The normalized spacial score (nSPS) is 17.6. The van der Waals surface area contributed by atoms with E-state index in [1.165, 1.54) is 31.5 Å². The lowest BCUT2D eigenvalue weighted by molar-refractivity contribution is 0.152. The second-order valence-corrected chi connectivity index (χ2v) is 6.21. The van der Waals surface area contributed by atoms with Crippen molar-refractivity contribution in [2.75, 3.05) is 20.2 Å². The molecule has 1 fully saturated rings. The first-order chi connectivity index (χ1) is 9.63. The third-order valence-electron chi connectivity index (χ3n) is 4.55. The molecule has 1 aromatic rings. The van der Waals surface area contributed by atoms with E-state index in [2.05, 4.69) is 30.9 Å². The number of ether oxygens (including phenoxy) is 1. The van der Waals surface area contributed by atoms with Crippen molar-refractivity contribution in [3.63, 3.8) is 0 Å². The molecule has 2 rings (SSSR count). The fourth-order valence-electron chi connectivity index (χ4n) is 3.13. The standard InChI is InChI=1S/C17H28N2O/c1-13(2)15-6-8-19(9-7-15)12-14-4-5-17(20-3)16(10-14)11-18/h4-5,10,13,15H,6-9,11-12,18H2,1-3H3.